The number of hydrogen-bond donors (Lipinski definition) is 0. The molecule has 7 atom stereocenters. The van der Waals surface area contributed by atoms with E-state index in [2.05, 4.69) is 32.9 Å². The number of fused-ring (bicyclic) bond motifs is 5. The molecule has 0 aliphatic heterocycles. The van der Waals surface area contributed by atoms with Gasteiger partial charge in [0.15, 0.2) is 12.5 Å². The number of ether oxygens (including phenoxy) is 1. The summed E-state index contributed by atoms with van der Waals surface area (Å²) in [4.78, 5) is 13.0. The van der Waals surface area contributed by atoms with E-state index in [4.69, 9.17) is 4.74 Å². The van der Waals surface area contributed by atoms with Gasteiger partial charge in [-0.05, 0) is 86.9 Å². The van der Waals surface area contributed by atoms with Crippen LogP contribution in [0, 0.1) is 34.5 Å². The van der Waals surface area contributed by atoms with Crippen LogP contribution in [0.25, 0.3) is 0 Å². The van der Waals surface area contributed by atoms with E-state index >= 15 is 0 Å². The largest absolute Gasteiger partial charge is 0.367 e. The lowest BCUT2D eigenvalue weighted by molar-refractivity contribution is -0.183. The monoisotopic (exact) mass is 404 g/mol. The van der Waals surface area contributed by atoms with Gasteiger partial charge in [-0.1, -0.05) is 45.8 Å². The van der Waals surface area contributed by atoms with E-state index in [0.717, 1.165) is 50.4 Å². The lowest BCUT2D eigenvalue weighted by Crippen LogP contribution is -2.59. The van der Waals surface area contributed by atoms with Crippen molar-refractivity contribution in [3.8, 4) is 0 Å². The molecule has 0 aromatic heterocycles. The van der Waals surface area contributed by atoms with Crippen LogP contribution in [0.1, 0.15) is 91.4 Å². The second-order valence-electron chi connectivity index (χ2n) is 11.0. The average molecular weight is 405 g/mol. The fraction of sp³-hybridized carbons (Fsp3) is 0.885. The lowest BCUT2D eigenvalue weighted by atomic mass is 9.45. The third-order valence-electron chi connectivity index (χ3n) is 10.00. The highest BCUT2D eigenvalue weighted by molar-refractivity contribution is 5.90. The Morgan fingerprint density at radius 2 is 1.86 bits per heavy atom. The molecule has 0 saturated heterocycles. The number of rotatable bonds is 7. The molecule has 0 spiro atoms. The predicted molar refractivity (Wildman–Crippen MR) is 115 cm³/mol. The Hall–Kier alpha value is -0.700. The molecule has 3 heteroatoms. The molecular formula is C26H41FO2. The molecule has 3 saturated carbocycles. The Kier molecular flexibility index (Phi) is 6.01. The number of carbonyl (C=O) groups is 1. The number of carbonyl (C=O) groups excluding carboxylic acids is 1. The quantitative estimate of drug-likeness (QED) is 0.349. The second kappa shape index (κ2) is 8.09. The molecule has 0 bridgehead atoms. The molecule has 4 rings (SSSR count). The molecular weight excluding hydrogens is 363 g/mol. The standard InChI is InChI=1S/C26H41FO2/c1-4-5-8-17-29-26(23(28)18-27)16-13-22-20-11-10-19-9-6-7-14-24(19,2)21(20)12-15-25(22,26)3/h6-7,19-22H,4-5,8-18H2,1-3H3/t19?,20-,21+,22+,24+,25+,26+/m1/s1. The lowest BCUT2D eigenvalue weighted by Gasteiger charge is -2.60. The summed E-state index contributed by atoms with van der Waals surface area (Å²) in [7, 11) is 0. The Labute approximate surface area is 177 Å². The number of unbranched alkanes of at least 4 members (excludes halogenated alkanes) is 2. The molecule has 1 unspecified atom stereocenters. The maximum Gasteiger partial charge on any atom is 0.196 e. The van der Waals surface area contributed by atoms with Crippen LogP contribution >= 0.6 is 0 Å². The van der Waals surface area contributed by atoms with Crippen molar-refractivity contribution in [2.75, 3.05) is 13.3 Å². The normalized spacial score (nSPS) is 46.1. The summed E-state index contributed by atoms with van der Waals surface area (Å²) in [5.41, 5.74) is -0.664. The first-order chi connectivity index (χ1) is 13.9. The number of hydrogen-bond acceptors (Lipinski definition) is 2. The zero-order valence-corrected chi connectivity index (χ0v) is 18.9. The molecule has 0 amide bonds. The van der Waals surface area contributed by atoms with Crippen molar-refractivity contribution in [1.29, 1.82) is 0 Å². The zero-order valence-electron chi connectivity index (χ0n) is 18.9. The third kappa shape index (κ3) is 3.17. The van der Waals surface area contributed by atoms with Crippen molar-refractivity contribution >= 4 is 5.78 Å². The Morgan fingerprint density at radius 3 is 2.62 bits per heavy atom. The molecule has 3 fully saturated rings. The second-order valence-corrected chi connectivity index (χ2v) is 11.0. The molecule has 0 N–H and O–H groups in total. The number of halogens is 1. The fourth-order valence-corrected chi connectivity index (χ4v) is 8.32. The fourth-order valence-electron chi connectivity index (χ4n) is 8.32. The molecule has 4 aliphatic rings. The first kappa shape index (κ1) is 21.5. The van der Waals surface area contributed by atoms with Crippen molar-refractivity contribution in [2.24, 2.45) is 34.5 Å². The van der Waals surface area contributed by atoms with E-state index in [-0.39, 0.29) is 11.2 Å². The first-order valence-corrected chi connectivity index (χ1v) is 12.3. The van der Waals surface area contributed by atoms with Gasteiger partial charge in [0.05, 0.1) is 0 Å². The van der Waals surface area contributed by atoms with Gasteiger partial charge < -0.3 is 4.74 Å². The maximum absolute atomic E-state index is 13.8. The van der Waals surface area contributed by atoms with Crippen LogP contribution in [-0.2, 0) is 9.53 Å². The van der Waals surface area contributed by atoms with Gasteiger partial charge in [-0.2, -0.15) is 0 Å². The summed E-state index contributed by atoms with van der Waals surface area (Å²) in [6, 6.07) is 0. The minimum Gasteiger partial charge on any atom is -0.367 e. The highest BCUT2D eigenvalue weighted by Gasteiger charge is 2.67. The number of allylic oxidation sites excluding steroid dienone is 2. The van der Waals surface area contributed by atoms with Crippen molar-refractivity contribution in [3.05, 3.63) is 12.2 Å². The molecule has 4 aliphatic carbocycles. The molecule has 2 nitrogen and oxygen atoms in total. The van der Waals surface area contributed by atoms with Crippen LogP contribution in [0.15, 0.2) is 12.2 Å². The average Bonchev–Trinajstić information content (AvgIpc) is 3.03. The van der Waals surface area contributed by atoms with Crippen molar-refractivity contribution in [2.45, 2.75) is 97.0 Å². The third-order valence-corrected chi connectivity index (χ3v) is 10.00. The van der Waals surface area contributed by atoms with Gasteiger partial charge in [-0.3, -0.25) is 4.79 Å². The van der Waals surface area contributed by atoms with Crippen LogP contribution in [0.4, 0.5) is 4.39 Å². The van der Waals surface area contributed by atoms with Crippen LogP contribution < -0.4 is 0 Å². The molecule has 0 radical (unpaired) electrons. The van der Waals surface area contributed by atoms with E-state index < -0.39 is 12.3 Å². The van der Waals surface area contributed by atoms with Crippen molar-refractivity contribution in [3.63, 3.8) is 0 Å². The first-order valence-electron chi connectivity index (χ1n) is 12.3. The number of alkyl halides is 1. The SMILES string of the molecule is CCCCCO[C@]1(C(=O)CF)CC[C@H]2[C@@H]3CCC4CC=CC[C@]4(C)[C@H]3CC[C@@]21C. The summed E-state index contributed by atoms with van der Waals surface area (Å²) >= 11 is 0. The summed E-state index contributed by atoms with van der Waals surface area (Å²) in [5.74, 6) is 2.47. The number of Topliss-reactive ketones (excluding diaryl/α,β-unsaturated/α-hetero) is 1. The molecule has 164 valence electrons. The molecule has 29 heavy (non-hydrogen) atoms. The summed E-state index contributed by atoms with van der Waals surface area (Å²) < 4.78 is 20.2. The minimum atomic E-state index is -0.880. The summed E-state index contributed by atoms with van der Waals surface area (Å²) in [6.07, 6.45) is 17.0. The van der Waals surface area contributed by atoms with Crippen molar-refractivity contribution < 1.29 is 13.9 Å². The van der Waals surface area contributed by atoms with Gasteiger partial charge in [0.2, 0.25) is 0 Å². The predicted octanol–water partition coefficient (Wildman–Crippen LogP) is 6.68. The van der Waals surface area contributed by atoms with Gasteiger partial charge >= 0.3 is 0 Å². The van der Waals surface area contributed by atoms with Crippen molar-refractivity contribution in [1.82, 2.24) is 0 Å². The smallest absolute Gasteiger partial charge is 0.196 e. The highest BCUT2D eigenvalue weighted by Crippen LogP contribution is 2.68. The Bertz CT molecular complexity index is 645. The minimum absolute atomic E-state index is 0.197. The topological polar surface area (TPSA) is 26.3 Å². The van der Waals surface area contributed by atoms with E-state index in [1.807, 2.05) is 0 Å². The van der Waals surface area contributed by atoms with Gasteiger partial charge in [-0.25, -0.2) is 4.39 Å². The van der Waals surface area contributed by atoms with E-state index in [1.54, 1.807) is 0 Å². The summed E-state index contributed by atoms with van der Waals surface area (Å²) in [6.45, 7) is 6.71. The van der Waals surface area contributed by atoms with Gasteiger partial charge in [0.1, 0.15) is 5.60 Å². The van der Waals surface area contributed by atoms with Gasteiger partial charge in [0.25, 0.3) is 0 Å². The van der Waals surface area contributed by atoms with Gasteiger partial charge in [-0.15, -0.1) is 0 Å². The Morgan fingerprint density at radius 1 is 1.07 bits per heavy atom. The number of ketones is 1. The van der Waals surface area contributed by atoms with Crippen LogP contribution in [0.3, 0.4) is 0 Å². The van der Waals surface area contributed by atoms with E-state index in [9.17, 15) is 9.18 Å². The van der Waals surface area contributed by atoms with Crippen LogP contribution in [0.2, 0.25) is 0 Å². The van der Waals surface area contributed by atoms with Gasteiger partial charge in [0, 0.05) is 12.0 Å². The maximum atomic E-state index is 13.8. The highest BCUT2D eigenvalue weighted by atomic mass is 19.1. The van der Waals surface area contributed by atoms with Crippen LogP contribution in [0.5, 0.6) is 0 Å². The molecule has 0 aromatic carbocycles. The summed E-state index contributed by atoms with van der Waals surface area (Å²) in [5, 5.41) is 0. The Balaban J connectivity index is 1.60. The molecule has 0 aromatic rings. The molecule has 0 heterocycles. The van der Waals surface area contributed by atoms with E-state index in [1.165, 1.54) is 32.1 Å². The zero-order chi connectivity index (χ0) is 20.7. The van der Waals surface area contributed by atoms with E-state index in [0.29, 0.717) is 23.9 Å². The van der Waals surface area contributed by atoms with Crippen LogP contribution in [-0.4, -0.2) is 24.7 Å².